The number of nitrogens with one attached hydrogen (secondary N) is 2. The molecular weight excluding hydrogens is 375 g/mol. The van der Waals surface area contributed by atoms with Crippen LogP contribution in [-0.4, -0.2) is 55.2 Å². The number of hydrogen-bond donors (Lipinski definition) is 2. The number of halogens is 2. The molecule has 1 aliphatic rings. The van der Waals surface area contributed by atoms with Crippen LogP contribution in [0.15, 0.2) is 36.5 Å². The van der Waals surface area contributed by atoms with Crippen LogP contribution in [0.5, 0.6) is 0 Å². The van der Waals surface area contributed by atoms with Crippen LogP contribution in [0.1, 0.15) is 10.5 Å². The van der Waals surface area contributed by atoms with E-state index in [2.05, 4.69) is 20.5 Å². The fraction of sp³-hybridized carbons (Fsp3) is 0.333. The molecule has 1 aliphatic heterocycles. The Bertz CT molecular complexity index is 749. The molecule has 2 aromatic rings. The van der Waals surface area contributed by atoms with Crippen LogP contribution in [0, 0.1) is 0 Å². The Morgan fingerprint density at radius 1 is 1.19 bits per heavy atom. The van der Waals surface area contributed by atoms with Crippen LogP contribution in [0.2, 0.25) is 10.0 Å². The van der Waals surface area contributed by atoms with E-state index in [1.54, 1.807) is 30.5 Å². The number of carbonyl (C=O) groups is 1. The number of morpholine rings is 1. The summed E-state index contributed by atoms with van der Waals surface area (Å²) in [6, 6.07) is 8.40. The van der Waals surface area contributed by atoms with Crippen molar-refractivity contribution < 1.29 is 9.53 Å². The van der Waals surface area contributed by atoms with Crippen molar-refractivity contribution in [2.45, 2.75) is 0 Å². The standard InChI is InChI=1S/C18H20Cl2N4O2/c19-13-1-3-15(20)17(11-13)23-18(25)16-4-2-14(12-22-16)21-5-6-24-7-9-26-10-8-24/h1-4,11-12,21H,5-10H2,(H,23,25). The molecule has 0 aliphatic carbocycles. The van der Waals surface area contributed by atoms with Gasteiger partial charge < -0.3 is 15.4 Å². The number of anilines is 2. The van der Waals surface area contributed by atoms with Crippen molar-refractivity contribution in [2.24, 2.45) is 0 Å². The first kappa shape index (κ1) is 18.9. The minimum Gasteiger partial charge on any atom is -0.383 e. The number of amides is 1. The van der Waals surface area contributed by atoms with Crippen molar-refractivity contribution in [2.75, 3.05) is 50.0 Å². The van der Waals surface area contributed by atoms with Crippen LogP contribution in [-0.2, 0) is 4.74 Å². The predicted molar refractivity (Wildman–Crippen MR) is 104 cm³/mol. The number of pyridine rings is 1. The number of nitrogens with zero attached hydrogens (tertiary/aromatic N) is 2. The smallest absolute Gasteiger partial charge is 0.274 e. The van der Waals surface area contributed by atoms with E-state index in [-0.39, 0.29) is 5.91 Å². The molecule has 6 nitrogen and oxygen atoms in total. The van der Waals surface area contributed by atoms with Crippen molar-refractivity contribution in [3.8, 4) is 0 Å². The van der Waals surface area contributed by atoms with Crippen molar-refractivity contribution in [1.29, 1.82) is 0 Å². The molecule has 1 aromatic heterocycles. The van der Waals surface area contributed by atoms with Crippen molar-refractivity contribution in [3.05, 3.63) is 52.3 Å². The summed E-state index contributed by atoms with van der Waals surface area (Å²) < 4.78 is 5.33. The summed E-state index contributed by atoms with van der Waals surface area (Å²) in [5.41, 5.74) is 1.63. The van der Waals surface area contributed by atoms with Gasteiger partial charge in [0.1, 0.15) is 5.69 Å². The zero-order chi connectivity index (χ0) is 18.4. The molecule has 0 bridgehead atoms. The number of aromatic nitrogens is 1. The third kappa shape index (κ3) is 5.32. The Kier molecular flexibility index (Phi) is 6.68. The molecule has 0 atom stereocenters. The maximum atomic E-state index is 12.3. The molecule has 0 radical (unpaired) electrons. The number of ether oxygens (including phenoxy) is 1. The van der Waals surface area contributed by atoms with Crippen LogP contribution >= 0.6 is 23.2 Å². The summed E-state index contributed by atoms with van der Waals surface area (Å²) in [5.74, 6) is -0.339. The van der Waals surface area contributed by atoms with Crippen molar-refractivity contribution in [1.82, 2.24) is 9.88 Å². The van der Waals surface area contributed by atoms with Gasteiger partial charge in [-0.3, -0.25) is 9.69 Å². The van der Waals surface area contributed by atoms with Gasteiger partial charge in [0.2, 0.25) is 0 Å². The van der Waals surface area contributed by atoms with E-state index >= 15 is 0 Å². The average Bonchev–Trinajstić information content (AvgIpc) is 2.66. The Balaban J connectivity index is 1.51. The Labute approximate surface area is 162 Å². The van der Waals surface area contributed by atoms with Gasteiger partial charge in [0.25, 0.3) is 5.91 Å². The summed E-state index contributed by atoms with van der Waals surface area (Å²) >= 11 is 12.0. The van der Waals surface area contributed by atoms with E-state index in [1.807, 2.05) is 6.07 Å². The van der Waals surface area contributed by atoms with Gasteiger partial charge in [-0.15, -0.1) is 0 Å². The van der Waals surface area contributed by atoms with E-state index < -0.39 is 0 Å². The Morgan fingerprint density at radius 2 is 2.00 bits per heavy atom. The molecular formula is C18H20Cl2N4O2. The zero-order valence-corrected chi connectivity index (χ0v) is 15.7. The fourth-order valence-corrected chi connectivity index (χ4v) is 2.93. The SMILES string of the molecule is O=C(Nc1cc(Cl)ccc1Cl)c1ccc(NCCN2CCOCC2)cn1. The van der Waals surface area contributed by atoms with Crippen molar-refractivity contribution in [3.63, 3.8) is 0 Å². The normalized spacial score (nSPS) is 14.8. The molecule has 1 fully saturated rings. The fourth-order valence-electron chi connectivity index (χ4n) is 2.60. The molecule has 1 aromatic carbocycles. The summed E-state index contributed by atoms with van der Waals surface area (Å²) in [5, 5.41) is 6.94. The van der Waals surface area contributed by atoms with E-state index in [0.29, 0.717) is 21.4 Å². The first-order valence-electron chi connectivity index (χ1n) is 8.38. The highest BCUT2D eigenvalue weighted by Gasteiger charge is 2.11. The van der Waals surface area contributed by atoms with Crippen LogP contribution in [0.4, 0.5) is 11.4 Å². The molecule has 1 amide bonds. The molecule has 0 spiro atoms. The lowest BCUT2D eigenvalue weighted by Gasteiger charge is -2.26. The summed E-state index contributed by atoms with van der Waals surface area (Å²) in [6.07, 6.45) is 1.65. The maximum absolute atomic E-state index is 12.3. The van der Waals surface area contributed by atoms with E-state index in [9.17, 15) is 4.79 Å². The highest BCUT2D eigenvalue weighted by Crippen LogP contribution is 2.25. The lowest BCUT2D eigenvalue weighted by molar-refractivity contribution is 0.0398. The lowest BCUT2D eigenvalue weighted by Crippen LogP contribution is -2.39. The maximum Gasteiger partial charge on any atom is 0.274 e. The molecule has 2 heterocycles. The first-order chi connectivity index (χ1) is 12.6. The van der Waals surface area contributed by atoms with Crippen LogP contribution in [0.25, 0.3) is 0 Å². The van der Waals surface area contributed by atoms with E-state index in [1.165, 1.54) is 0 Å². The largest absolute Gasteiger partial charge is 0.383 e. The third-order valence-electron chi connectivity index (χ3n) is 4.03. The summed E-state index contributed by atoms with van der Waals surface area (Å²) in [7, 11) is 0. The third-order valence-corrected chi connectivity index (χ3v) is 4.60. The lowest BCUT2D eigenvalue weighted by atomic mass is 10.2. The van der Waals surface area contributed by atoms with Gasteiger partial charge in [0.15, 0.2) is 0 Å². The molecule has 8 heteroatoms. The van der Waals surface area contributed by atoms with E-state index in [0.717, 1.165) is 45.1 Å². The predicted octanol–water partition coefficient (Wildman–Crippen LogP) is 3.38. The number of hydrogen-bond acceptors (Lipinski definition) is 5. The monoisotopic (exact) mass is 394 g/mol. The Hall–Kier alpha value is -1.86. The van der Waals surface area contributed by atoms with E-state index in [4.69, 9.17) is 27.9 Å². The van der Waals surface area contributed by atoms with Crippen molar-refractivity contribution >= 4 is 40.5 Å². The Morgan fingerprint density at radius 3 is 2.73 bits per heavy atom. The molecule has 138 valence electrons. The minimum absolute atomic E-state index is 0.305. The van der Waals surface area contributed by atoms with Crippen LogP contribution < -0.4 is 10.6 Å². The summed E-state index contributed by atoms with van der Waals surface area (Å²) in [6.45, 7) is 5.27. The number of carbonyl (C=O) groups excluding carboxylic acids is 1. The van der Waals surface area contributed by atoms with Gasteiger partial charge in [-0.1, -0.05) is 23.2 Å². The highest BCUT2D eigenvalue weighted by molar-refractivity contribution is 6.35. The van der Waals surface area contributed by atoms with Gasteiger partial charge in [-0.25, -0.2) is 4.98 Å². The molecule has 0 unspecified atom stereocenters. The van der Waals surface area contributed by atoms with Gasteiger partial charge >= 0.3 is 0 Å². The van der Waals surface area contributed by atoms with Crippen LogP contribution in [0.3, 0.4) is 0 Å². The topological polar surface area (TPSA) is 66.5 Å². The minimum atomic E-state index is -0.339. The summed E-state index contributed by atoms with van der Waals surface area (Å²) in [4.78, 5) is 18.9. The number of benzene rings is 1. The van der Waals surface area contributed by atoms with Gasteiger partial charge in [-0.05, 0) is 30.3 Å². The zero-order valence-electron chi connectivity index (χ0n) is 14.2. The molecule has 26 heavy (non-hydrogen) atoms. The molecule has 1 saturated heterocycles. The molecule has 2 N–H and O–H groups in total. The van der Waals surface area contributed by atoms with Gasteiger partial charge in [0, 0.05) is 31.2 Å². The van der Waals surface area contributed by atoms with Gasteiger partial charge in [-0.2, -0.15) is 0 Å². The quantitative estimate of drug-likeness (QED) is 0.785. The second kappa shape index (κ2) is 9.19. The number of rotatable bonds is 6. The highest BCUT2D eigenvalue weighted by atomic mass is 35.5. The van der Waals surface area contributed by atoms with Gasteiger partial charge in [0.05, 0.1) is 35.8 Å². The molecule has 0 saturated carbocycles. The second-order valence-corrected chi connectivity index (χ2v) is 6.73. The first-order valence-corrected chi connectivity index (χ1v) is 9.14. The second-order valence-electron chi connectivity index (χ2n) is 5.89. The molecule has 3 rings (SSSR count). The average molecular weight is 395 g/mol.